The van der Waals surface area contributed by atoms with Gasteiger partial charge in [-0.1, -0.05) is 32.3 Å². The van der Waals surface area contributed by atoms with Gasteiger partial charge >= 0.3 is 0 Å². The van der Waals surface area contributed by atoms with E-state index in [9.17, 15) is 4.79 Å². The highest BCUT2D eigenvalue weighted by Crippen LogP contribution is 2.37. The molecule has 15 heavy (non-hydrogen) atoms. The molecule has 2 rings (SSSR count). The van der Waals surface area contributed by atoms with E-state index in [0.717, 1.165) is 24.7 Å². The van der Waals surface area contributed by atoms with E-state index < -0.39 is 0 Å². The lowest BCUT2D eigenvalue weighted by Crippen LogP contribution is -2.22. The summed E-state index contributed by atoms with van der Waals surface area (Å²) in [5, 5.41) is 0. The molecule has 1 atom stereocenters. The number of rotatable bonds is 2. The van der Waals surface area contributed by atoms with Crippen molar-refractivity contribution in [3.63, 3.8) is 0 Å². The summed E-state index contributed by atoms with van der Waals surface area (Å²) in [7, 11) is 0. The van der Waals surface area contributed by atoms with Gasteiger partial charge in [-0.05, 0) is 43.1 Å². The Hall–Kier alpha value is -0.590. The van der Waals surface area contributed by atoms with Gasteiger partial charge < -0.3 is 0 Å². The van der Waals surface area contributed by atoms with E-state index in [1.165, 1.54) is 32.1 Å². The van der Waals surface area contributed by atoms with Gasteiger partial charge in [0.05, 0.1) is 0 Å². The molecule has 0 spiro atoms. The maximum absolute atomic E-state index is 11.1. The van der Waals surface area contributed by atoms with E-state index in [1.54, 1.807) is 0 Å². The maximum Gasteiger partial charge on any atom is 0.155 e. The van der Waals surface area contributed by atoms with E-state index in [0.29, 0.717) is 11.7 Å². The third kappa shape index (κ3) is 2.70. The van der Waals surface area contributed by atoms with Crippen LogP contribution >= 0.6 is 0 Å². The van der Waals surface area contributed by atoms with Crippen LogP contribution in [0, 0.1) is 17.8 Å². The summed E-state index contributed by atoms with van der Waals surface area (Å²) in [5.41, 5.74) is 0. The van der Waals surface area contributed by atoms with Crippen molar-refractivity contribution in [1.82, 2.24) is 0 Å². The summed E-state index contributed by atoms with van der Waals surface area (Å²) < 4.78 is 0. The Balaban J connectivity index is 1.85. The highest BCUT2D eigenvalue weighted by atomic mass is 16.1. The fourth-order valence-corrected chi connectivity index (χ4v) is 3.14. The second-order valence-electron chi connectivity index (χ2n) is 5.22. The van der Waals surface area contributed by atoms with Crippen LogP contribution in [0.2, 0.25) is 0 Å². The van der Waals surface area contributed by atoms with Crippen LogP contribution in [0.4, 0.5) is 0 Å². The average Bonchev–Trinajstić information content (AvgIpc) is 2.30. The molecule has 0 aromatic heterocycles. The van der Waals surface area contributed by atoms with Gasteiger partial charge in [-0.3, -0.25) is 4.79 Å². The van der Waals surface area contributed by atoms with Crippen molar-refractivity contribution in [2.24, 2.45) is 17.8 Å². The van der Waals surface area contributed by atoms with Gasteiger partial charge in [0.15, 0.2) is 5.78 Å². The highest BCUT2D eigenvalue weighted by Gasteiger charge is 2.27. The van der Waals surface area contributed by atoms with Gasteiger partial charge in [0.1, 0.15) is 0 Å². The molecular formula is C14H22O. The van der Waals surface area contributed by atoms with Crippen molar-refractivity contribution >= 4 is 5.78 Å². The molecule has 0 radical (unpaired) electrons. The predicted octanol–water partition coefficient (Wildman–Crippen LogP) is 3.74. The topological polar surface area (TPSA) is 17.1 Å². The monoisotopic (exact) mass is 206 g/mol. The van der Waals surface area contributed by atoms with Gasteiger partial charge in [0.25, 0.3) is 0 Å². The molecule has 0 heterocycles. The third-order valence-corrected chi connectivity index (χ3v) is 4.33. The largest absolute Gasteiger partial charge is 0.295 e. The molecule has 1 fully saturated rings. The first kappa shape index (κ1) is 10.9. The minimum Gasteiger partial charge on any atom is -0.295 e. The molecule has 1 heteroatoms. The molecule has 1 saturated carbocycles. The fourth-order valence-electron chi connectivity index (χ4n) is 3.14. The number of carbonyl (C=O) groups excluding carboxylic acids is 1. The number of carbonyl (C=O) groups is 1. The Morgan fingerprint density at radius 3 is 2.47 bits per heavy atom. The minimum atomic E-state index is 0.327. The van der Waals surface area contributed by atoms with E-state index in [2.05, 4.69) is 13.0 Å². The van der Waals surface area contributed by atoms with E-state index in [4.69, 9.17) is 0 Å². The lowest BCUT2D eigenvalue weighted by Gasteiger charge is -2.33. The predicted molar refractivity (Wildman–Crippen MR) is 62.6 cm³/mol. The van der Waals surface area contributed by atoms with Crippen LogP contribution in [0.5, 0.6) is 0 Å². The Morgan fingerprint density at radius 2 is 1.93 bits per heavy atom. The second-order valence-corrected chi connectivity index (χ2v) is 5.22. The molecular weight excluding hydrogens is 184 g/mol. The van der Waals surface area contributed by atoms with Gasteiger partial charge in [0, 0.05) is 6.42 Å². The van der Waals surface area contributed by atoms with Crippen molar-refractivity contribution in [3.8, 4) is 0 Å². The third-order valence-electron chi connectivity index (χ3n) is 4.33. The Kier molecular flexibility index (Phi) is 3.61. The first-order valence-corrected chi connectivity index (χ1v) is 6.50. The lowest BCUT2D eigenvalue weighted by atomic mass is 9.72. The molecule has 1 unspecified atom stereocenters. The minimum absolute atomic E-state index is 0.327. The summed E-state index contributed by atoms with van der Waals surface area (Å²) in [5.74, 6) is 2.89. The number of hydrogen-bond acceptors (Lipinski definition) is 1. The SMILES string of the molecule is CCC1CCC(C2C=CC(=O)CC2)CC1. The van der Waals surface area contributed by atoms with Gasteiger partial charge in [-0.25, -0.2) is 0 Å². The summed E-state index contributed by atoms with van der Waals surface area (Å²) in [4.78, 5) is 11.1. The first-order chi connectivity index (χ1) is 7.29. The highest BCUT2D eigenvalue weighted by molar-refractivity contribution is 5.90. The van der Waals surface area contributed by atoms with Gasteiger partial charge in [-0.15, -0.1) is 0 Å². The number of allylic oxidation sites excluding steroid dienone is 2. The van der Waals surface area contributed by atoms with Gasteiger partial charge in [-0.2, -0.15) is 0 Å². The molecule has 0 aliphatic heterocycles. The maximum atomic E-state index is 11.1. The average molecular weight is 206 g/mol. The van der Waals surface area contributed by atoms with Crippen molar-refractivity contribution < 1.29 is 4.79 Å². The summed E-state index contributed by atoms with van der Waals surface area (Å²) in [6, 6.07) is 0. The zero-order chi connectivity index (χ0) is 10.7. The molecule has 2 aliphatic rings. The summed E-state index contributed by atoms with van der Waals surface area (Å²) in [6.07, 6.45) is 12.9. The van der Waals surface area contributed by atoms with Crippen molar-refractivity contribution in [2.75, 3.05) is 0 Å². The molecule has 0 saturated heterocycles. The summed E-state index contributed by atoms with van der Waals surface area (Å²) >= 11 is 0. The Morgan fingerprint density at radius 1 is 1.20 bits per heavy atom. The zero-order valence-electron chi connectivity index (χ0n) is 9.74. The Labute approximate surface area is 92.9 Å². The van der Waals surface area contributed by atoms with Crippen LogP contribution in [-0.2, 0) is 4.79 Å². The van der Waals surface area contributed by atoms with Gasteiger partial charge in [0.2, 0.25) is 0 Å². The fraction of sp³-hybridized carbons (Fsp3) is 0.786. The van der Waals surface area contributed by atoms with Crippen molar-refractivity contribution in [2.45, 2.75) is 51.9 Å². The smallest absolute Gasteiger partial charge is 0.155 e. The quantitative estimate of drug-likeness (QED) is 0.672. The molecule has 0 aromatic rings. The Bertz CT molecular complexity index is 246. The van der Waals surface area contributed by atoms with Crippen LogP contribution in [-0.4, -0.2) is 5.78 Å². The van der Waals surface area contributed by atoms with Crippen LogP contribution in [0.25, 0.3) is 0 Å². The molecule has 1 nitrogen and oxygen atoms in total. The van der Waals surface area contributed by atoms with Crippen LogP contribution in [0.3, 0.4) is 0 Å². The zero-order valence-corrected chi connectivity index (χ0v) is 9.74. The van der Waals surface area contributed by atoms with Crippen molar-refractivity contribution in [1.29, 1.82) is 0 Å². The van der Waals surface area contributed by atoms with E-state index in [1.807, 2.05) is 6.08 Å². The number of hydrogen-bond donors (Lipinski definition) is 0. The molecule has 0 amide bonds. The van der Waals surface area contributed by atoms with Crippen LogP contribution in [0.1, 0.15) is 51.9 Å². The molecule has 84 valence electrons. The number of ketones is 1. The summed E-state index contributed by atoms with van der Waals surface area (Å²) in [6.45, 7) is 2.31. The normalized spacial score (nSPS) is 36.9. The molecule has 0 aromatic carbocycles. The lowest BCUT2D eigenvalue weighted by molar-refractivity contribution is -0.115. The van der Waals surface area contributed by atoms with Crippen molar-refractivity contribution in [3.05, 3.63) is 12.2 Å². The first-order valence-electron chi connectivity index (χ1n) is 6.50. The van der Waals surface area contributed by atoms with E-state index >= 15 is 0 Å². The molecule has 0 N–H and O–H groups in total. The molecule has 2 aliphatic carbocycles. The molecule has 0 bridgehead atoms. The van der Waals surface area contributed by atoms with Crippen LogP contribution in [0.15, 0.2) is 12.2 Å². The van der Waals surface area contributed by atoms with E-state index in [-0.39, 0.29) is 0 Å². The van der Waals surface area contributed by atoms with Crippen LogP contribution < -0.4 is 0 Å². The standard InChI is InChI=1S/C14H22O/c1-2-11-3-5-12(6-4-11)13-7-9-14(15)10-8-13/h7,9,11-13H,2-6,8,10H2,1H3. The second kappa shape index (κ2) is 4.96.